The molecule has 1 aromatic carbocycles. The van der Waals surface area contributed by atoms with Crippen molar-refractivity contribution in [3.63, 3.8) is 0 Å². The lowest BCUT2D eigenvalue weighted by Crippen LogP contribution is -2.66. The van der Waals surface area contributed by atoms with E-state index in [4.69, 9.17) is 4.74 Å². The van der Waals surface area contributed by atoms with E-state index in [1.54, 1.807) is 12.1 Å². The van der Waals surface area contributed by atoms with E-state index in [9.17, 15) is 13.9 Å². The molecule has 1 saturated heterocycles. The Bertz CT molecular complexity index is 552. The fourth-order valence-electron chi connectivity index (χ4n) is 3.99. The van der Waals surface area contributed by atoms with Crippen LogP contribution in [0.3, 0.4) is 0 Å². The Hall–Kier alpha value is -1.24. The van der Waals surface area contributed by atoms with Gasteiger partial charge < -0.3 is 19.9 Å². The Morgan fingerprint density at radius 2 is 2.22 bits per heavy atom. The van der Waals surface area contributed by atoms with Gasteiger partial charge in [0, 0.05) is 30.5 Å². The van der Waals surface area contributed by atoms with Gasteiger partial charge in [-0.15, -0.1) is 0 Å². The zero-order chi connectivity index (χ0) is 16.6. The zero-order valence-electron chi connectivity index (χ0n) is 13.3. The minimum absolute atomic E-state index is 0.0432. The highest BCUT2D eigenvalue weighted by Gasteiger charge is 2.58. The van der Waals surface area contributed by atoms with Gasteiger partial charge in [0.15, 0.2) is 0 Å². The van der Waals surface area contributed by atoms with E-state index < -0.39 is 12.7 Å². The lowest BCUT2D eigenvalue weighted by atomic mass is 9.57. The van der Waals surface area contributed by atoms with Gasteiger partial charge in [-0.2, -0.15) is 8.78 Å². The van der Waals surface area contributed by atoms with Crippen LogP contribution >= 0.6 is 0 Å². The molecule has 2 aliphatic rings. The van der Waals surface area contributed by atoms with E-state index in [0.717, 1.165) is 13.0 Å². The van der Waals surface area contributed by atoms with Crippen molar-refractivity contribution in [2.24, 2.45) is 11.3 Å². The van der Waals surface area contributed by atoms with Crippen molar-refractivity contribution in [1.82, 2.24) is 5.32 Å². The molecule has 1 heterocycles. The van der Waals surface area contributed by atoms with Crippen LogP contribution in [0.1, 0.15) is 31.9 Å². The van der Waals surface area contributed by atoms with E-state index in [1.165, 1.54) is 12.1 Å². The molecule has 2 fully saturated rings. The molecule has 4 nitrogen and oxygen atoms in total. The summed E-state index contributed by atoms with van der Waals surface area (Å²) >= 11 is 0. The van der Waals surface area contributed by atoms with Gasteiger partial charge in [-0.05, 0) is 24.1 Å². The molecule has 128 valence electrons. The van der Waals surface area contributed by atoms with Crippen LogP contribution in [0, 0.1) is 11.3 Å². The predicted molar refractivity (Wildman–Crippen MR) is 81.5 cm³/mol. The summed E-state index contributed by atoms with van der Waals surface area (Å²) in [6.45, 7) is 2.64. The summed E-state index contributed by atoms with van der Waals surface area (Å²) in [5, 5.41) is 13.7. The summed E-state index contributed by atoms with van der Waals surface area (Å²) in [5.41, 5.74) is 0.605. The molecule has 2 N–H and O–H groups in total. The fourth-order valence-corrected chi connectivity index (χ4v) is 3.99. The molecule has 4 atom stereocenters. The number of alkyl halides is 2. The summed E-state index contributed by atoms with van der Waals surface area (Å²) in [6.07, 6.45) is 0.563. The van der Waals surface area contributed by atoms with Gasteiger partial charge in [-0.3, -0.25) is 0 Å². The Morgan fingerprint density at radius 3 is 2.96 bits per heavy atom. The van der Waals surface area contributed by atoms with Crippen LogP contribution < -0.4 is 10.1 Å². The quantitative estimate of drug-likeness (QED) is 0.843. The molecule has 1 saturated carbocycles. The Morgan fingerprint density at radius 1 is 1.43 bits per heavy atom. The van der Waals surface area contributed by atoms with Crippen LogP contribution in [0.4, 0.5) is 8.78 Å². The molecule has 6 heteroatoms. The highest BCUT2D eigenvalue weighted by molar-refractivity contribution is 5.30. The number of hydrogen-bond donors (Lipinski definition) is 2. The number of fused-ring (bicyclic) bond motifs is 1. The van der Waals surface area contributed by atoms with E-state index in [1.807, 2.05) is 0 Å². The highest BCUT2D eigenvalue weighted by atomic mass is 19.3. The molecule has 0 amide bonds. The molecular weight excluding hydrogens is 304 g/mol. The lowest BCUT2D eigenvalue weighted by Gasteiger charge is -2.55. The summed E-state index contributed by atoms with van der Waals surface area (Å²) < 4.78 is 34.6. The summed E-state index contributed by atoms with van der Waals surface area (Å²) in [7, 11) is 0. The number of halogens is 2. The SMILES string of the molecule is CC1(C)[C@H](NC[C@H](O)c2cccc(OC(F)F)c2)[C@@H]2CCO[C@@H]21. The van der Waals surface area contributed by atoms with Crippen LogP contribution in [0.5, 0.6) is 5.75 Å². The Labute approximate surface area is 134 Å². The van der Waals surface area contributed by atoms with Crippen molar-refractivity contribution in [2.45, 2.75) is 45.1 Å². The third kappa shape index (κ3) is 3.20. The smallest absolute Gasteiger partial charge is 0.387 e. The number of nitrogens with one attached hydrogen (secondary N) is 1. The number of aliphatic hydroxyl groups excluding tert-OH is 1. The highest BCUT2D eigenvalue weighted by Crippen LogP contribution is 2.52. The predicted octanol–water partition coefficient (Wildman–Crippen LogP) is 2.72. The topological polar surface area (TPSA) is 50.7 Å². The summed E-state index contributed by atoms with van der Waals surface area (Å²) in [6, 6.07) is 6.50. The third-order valence-electron chi connectivity index (χ3n) is 5.10. The molecule has 1 aliphatic heterocycles. The van der Waals surface area contributed by atoms with Gasteiger partial charge in [-0.1, -0.05) is 26.0 Å². The number of rotatable bonds is 6. The van der Waals surface area contributed by atoms with E-state index in [0.29, 0.717) is 30.2 Å². The minimum atomic E-state index is -2.87. The van der Waals surface area contributed by atoms with Crippen molar-refractivity contribution in [3.05, 3.63) is 29.8 Å². The van der Waals surface area contributed by atoms with E-state index in [-0.39, 0.29) is 11.2 Å². The lowest BCUT2D eigenvalue weighted by molar-refractivity contribution is -0.114. The number of benzene rings is 1. The maximum Gasteiger partial charge on any atom is 0.387 e. The number of aliphatic hydroxyl groups is 1. The molecule has 0 radical (unpaired) electrons. The number of hydrogen-bond acceptors (Lipinski definition) is 4. The second-order valence-corrected chi connectivity index (χ2v) is 6.92. The molecule has 1 aliphatic carbocycles. The Balaban J connectivity index is 1.58. The van der Waals surface area contributed by atoms with E-state index >= 15 is 0 Å². The third-order valence-corrected chi connectivity index (χ3v) is 5.10. The van der Waals surface area contributed by atoms with Crippen molar-refractivity contribution in [1.29, 1.82) is 0 Å². The normalized spacial score (nSPS) is 29.9. The maximum absolute atomic E-state index is 12.3. The maximum atomic E-state index is 12.3. The molecule has 3 rings (SSSR count). The first-order valence-corrected chi connectivity index (χ1v) is 7.97. The van der Waals surface area contributed by atoms with Crippen LogP contribution in [0.2, 0.25) is 0 Å². The van der Waals surface area contributed by atoms with Crippen molar-refractivity contribution in [2.75, 3.05) is 13.2 Å². The molecule has 0 bridgehead atoms. The second-order valence-electron chi connectivity index (χ2n) is 6.92. The first-order chi connectivity index (χ1) is 10.9. The van der Waals surface area contributed by atoms with Crippen molar-refractivity contribution in [3.8, 4) is 5.75 Å². The first-order valence-electron chi connectivity index (χ1n) is 7.97. The number of ether oxygens (including phenoxy) is 2. The first kappa shape index (κ1) is 16.6. The van der Waals surface area contributed by atoms with E-state index in [2.05, 4.69) is 23.9 Å². The molecule has 0 aromatic heterocycles. The van der Waals surface area contributed by atoms with Crippen LogP contribution in [0.25, 0.3) is 0 Å². The van der Waals surface area contributed by atoms with Crippen LogP contribution in [-0.4, -0.2) is 37.0 Å². The largest absolute Gasteiger partial charge is 0.435 e. The average Bonchev–Trinajstić information content (AvgIpc) is 2.93. The summed E-state index contributed by atoms with van der Waals surface area (Å²) in [4.78, 5) is 0. The van der Waals surface area contributed by atoms with Gasteiger partial charge in [0.1, 0.15) is 5.75 Å². The minimum Gasteiger partial charge on any atom is -0.435 e. The zero-order valence-corrected chi connectivity index (χ0v) is 13.3. The van der Waals surface area contributed by atoms with Gasteiger partial charge in [0.25, 0.3) is 0 Å². The second kappa shape index (κ2) is 6.34. The Kier molecular flexibility index (Phi) is 4.58. The monoisotopic (exact) mass is 327 g/mol. The van der Waals surface area contributed by atoms with Gasteiger partial charge in [-0.25, -0.2) is 0 Å². The van der Waals surface area contributed by atoms with Gasteiger partial charge >= 0.3 is 6.61 Å². The van der Waals surface area contributed by atoms with Crippen molar-refractivity contribution < 1.29 is 23.4 Å². The molecule has 0 spiro atoms. The molecule has 1 aromatic rings. The molecule has 23 heavy (non-hydrogen) atoms. The van der Waals surface area contributed by atoms with Gasteiger partial charge in [0.2, 0.25) is 0 Å². The van der Waals surface area contributed by atoms with Crippen molar-refractivity contribution >= 4 is 0 Å². The average molecular weight is 327 g/mol. The van der Waals surface area contributed by atoms with Crippen LogP contribution in [0.15, 0.2) is 24.3 Å². The fraction of sp³-hybridized carbons (Fsp3) is 0.647. The standard InChI is InChI=1S/C17H23F2NO3/c1-17(2)14(12-6-7-22-15(12)17)20-9-13(21)10-4-3-5-11(8-10)23-16(18)19/h3-5,8,12-16,20-21H,6-7,9H2,1-2H3/t12-,13-,14+,15-/m0/s1. The summed E-state index contributed by atoms with van der Waals surface area (Å²) in [5.74, 6) is 0.551. The van der Waals surface area contributed by atoms with Gasteiger partial charge in [0.05, 0.1) is 12.2 Å². The van der Waals surface area contributed by atoms with Crippen LogP contribution in [-0.2, 0) is 4.74 Å². The molecule has 0 unspecified atom stereocenters. The molecular formula is C17H23F2NO3.